The summed E-state index contributed by atoms with van der Waals surface area (Å²) in [5.41, 5.74) is 9.29. The molecular formula is C15H25NO. The van der Waals surface area contributed by atoms with E-state index < -0.39 is 0 Å². The molecular weight excluding hydrogens is 210 g/mol. The molecule has 2 heteroatoms. The van der Waals surface area contributed by atoms with Crippen molar-refractivity contribution in [3.8, 4) is 0 Å². The van der Waals surface area contributed by atoms with Crippen LogP contribution in [-0.4, -0.2) is 13.2 Å². The van der Waals surface area contributed by atoms with Gasteiger partial charge in [-0.1, -0.05) is 25.0 Å². The molecule has 0 saturated carbocycles. The molecule has 0 aliphatic carbocycles. The van der Waals surface area contributed by atoms with Gasteiger partial charge in [-0.3, -0.25) is 0 Å². The van der Waals surface area contributed by atoms with E-state index >= 15 is 0 Å². The summed E-state index contributed by atoms with van der Waals surface area (Å²) in [6.45, 7) is 5.87. The second kappa shape index (κ2) is 8.13. The van der Waals surface area contributed by atoms with E-state index in [-0.39, 0.29) is 0 Å². The van der Waals surface area contributed by atoms with Crippen molar-refractivity contribution < 1.29 is 4.74 Å². The molecule has 0 radical (unpaired) electrons. The summed E-state index contributed by atoms with van der Waals surface area (Å²) in [6, 6.07) is 6.36. The molecule has 0 aliphatic rings. The maximum Gasteiger partial charge on any atom is 0.0465 e. The highest BCUT2D eigenvalue weighted by Crippen LogP contribution is 2.15. The maximum absolute atomic E-state index is 5.80. The summed E-state index contributed by atoms with van der Waals surface area (Å²) in [5.74, 6) is 0. The molecule has 0 aromatic heterocycles. The van der Waals surface area contributed by atoms with Crippen LogP contribution in [0.15, 0.2) is 18.2 Å². The number of unbranched alkanes of at least 4 members (excludes halogenated alkanes) is 3. The van der Waals surface area contributed by atoms with Crippen molar-refractivity contribution in [2.75, 3.05) is 18.9 Å². The zero-order valence-corrected chi connectivity index (χ0v) is 11.2. The summed E-state index contributed by atoms with van der Waals surface area (Å²) in [4.78, 5) is 0. The standard InChI is InChI=1S/C15H25NO/c1-3-17-11-7-5-4-6-8-14-9-10-15(16)13(2)12-14/h9-10,12H,3-8,11,16H2,1-2H3. The lowest BCUT2D eigenvalue weighted by Gasteiger charge is -2.05. The van der Waals surface area contributed by atoms with Crippen LogP contribution in [0.4, 0.5) is 5.69 Å². The number of hydrogen-bond donors (Lipinski definition) is 1. The number of benzene rings is 1. The number of nitrogen functional groups attached to an aromatic ring is 1. The zero-order chi connectivity index (χ0) is 12.5. The lowest BCUT2D eigenvalue weighted by molar-refractivity contribution is 0.143. The monoisotopic (exact) mass is 235 g/mol. The smallest absolute Gasteiger partial charge is 0.0465 e. The minimum atomic E-state index is 0.838. The third kappa shape index (κ3) is 5.73. The first kappa shape index (κ1) is 14.0. The molecule has 2 nitrogen and oxygen atoms in total. The van der Waals surface area contributed by atoms with Crippen molar-refractivity contribution in [2.24, 2.45) is 0 Å². The highest BCUT2D eigenvalue weighted by Gasteiger charge is 1.97. The molecule has 2 N–H and O–H groups in total. The normalized spacial score (nSPS) is 10.7. The van der Waals surface area contributed by atoms with Gasteiger partial charge in [-0.15, -0.1) is 0 Å². The fourth-order valence-corrected chi connectivity index (χ4v) is 1.92. The quantitative estimate of drug-likeness (QED) is 0.550. The lowest BCUT2D eigenvalue weighted by atomic mass is 10.0. The second-order valence-corrected chi connectivity index (χ2v) is 4.55. The Labute approximate surface area is 105 Å². The van der Waals surface area contributed by atoms with Crippen molar-refractivity contribution in [3.05, 3.63) is 29.3 Å². The van der Waals surface area contributed by atoms with Crippen LogP contribution in [0.2, 0.25) is 0 Å². The van der Waals surface area contributed by atoms with E-state index in [1.54, 1.807) is 0 Å². The van der Waals surface area contributed by atoms with Crippen LogP contribution in [0.1, 0.15) is 43.7 Å². The van der Waals surface area contributed by atoms with Crippen LogP contribution in [-0.2, 0) is 11.2 Å². The summed E-state index contributed by atoms with van der Waals surface area (Å²) >= 11 is 0. The van der Waals surface area contributed by atoms with Crippen molar-refractivity contribution in [1.29, 1.82) is 0 Å². The van der Waals surface area contributed by atoms with E-state index in [1.807, 2.05) is 13.0 Å². The van der Waals surface area contributed by atoms with Crippen LogP contribution >= 0.6 is 0 Å². The molecule has 0 saturated heterocycles. The zero-order valence-electron chi connectivity index (χ0n) is 11.2. The van der Waals surface area contributed by atoms with Gasteiger partial charge in [0.15, 0.2) is 0 Å². The highest BCUT2D eigenvalue weighted by molar-refractivity contribution is 5.47. The van der Waals surface area contributed by atoms with Crippen molar-refractivity contribution >= 4 is 5.69 Å². The Morgan fingerprint density at radius 3 is 2.59 bits per heavy atom. The van der Waals surface area contributed by atoms with Crippen LogP contribution in [0.5, 0.6) is 0 Å². The predicted octanol–water partition coefficient (Wildman–Crippen LogP) is 3.72. The first-order valence-corrected chi connectivity index (χ1v) is 6.66. The van der Waals surface area contributed by atoms with Crippen LogP contribution in [0.25, 0.3) is 0 Å². The average Bonchev–Trinajstić information content (AvgIpc) is 2.32. The van der Waals surface area contributed by atoms with Gasteiger partial charge in [0.2, 0.25) is 0 Å². The Kier molecular flexibility index (Phi) is 6.71. The number of aryl methyl sites for hydroxylation is 2. The van der Waals surface area contributed by atoms with E-state index in [1.165, 1.54) is 36.8 Å². The van der Waals surface area contributed by atoms with Crippen LogP contribution in [0.3, 0.4) is 0 Å². The Morgan fingerprint density at radius 2 is 1.88 bits per heavy atom. The van der Waals surface area contributed by atoms with Gasteiger partial charge in [0.25, 0.3) is 0 Å². The number of anilines is 1. The summed E-state index contributed by atoms with van der Waals surface area (Å²) in [5, 5.41) is 0. The molecule has 1 rings (SSSR count). The van der Waals surface area contributed by atoms with Gasteiger partial charge >= 0.3 is 0 Å². The van der Waals surface area contributed by atoms with Gasteiger partial charge in [-0.25, -0.2) is 0 Å². The minimum Gasteiger partial charge on any atom is -0.399 e. The molecule has 0 amide bonds. The second-order valence-electron chi connectivity index (χ2n) is 4.55. The lowest BCUT2D eigenvalue weighted by Crippen LogP contribution is -1.94. The Balaban J connectivity index is 2.11. The molecule has 0 fully saturated rings. The van der Waals surface area contributed by atoms with Gasteiger partial charge in [-0.05, 0) is 50.3 Å². The van der Waals surface area contributed by atoms with Gasteiger partial charge in [0.1, 0.15) is 0 Å². The Bertz CT molecular complexity index is 323. The third-order valence-corrected chi connectivity index (χ3v) is 3.04. The third-order valence-electron chi connectivity index (χ3n) is 3.04. The fraction of sp³-hybridized carbons (Fsp3) is 0.600. The van der Waals surface area contributed by atoms with Crippen molar-refractivity contribution in [1.82, 2.24) is 0 Å². The molecule has 17 heavy (non-hydrogen) atoms. The molecule has 0 bridgehead atoms. The molecule has 0 atom stereocenters. The van der Waals surface area contributed by atoms with Gasteiger partial charge in [0.05, 0.1) is 0 Å². The van der Waals surface area contributed by atoms with Gasteiger partial charge in [-0.2, -0.15) is 0 Å². The summed E-state index contributed by atoms with van der Waals surface area (Å²) < 4.78 is 5.31. The van der Waals surface area contributed by atoms with Crippen molar-refractivity contribution in [3.63, 3.8) is 0 Å². The number of nitrogens with two attached hydrogens (primary N) is 1. The summed E-state index contributed by atoms with van der Waals surface area (Å²) in [6.07, 6.45) is 6.17. The predicted molar refractivity (Wildman–Crippen MR) is 74.3 cm³/mol. The van der Waals surface area contributed by atoms with Crippen molar-refractivity contribution in [2.45, 2.75) is 46.0 Å². The maximum atomic E-state index is 5.80. The summed E-state index contributed by atoms with van der Waals surface area (Å²) in [7, 11) is 0. The van der Waals surface area contributed by atoms with Gasteiger partial charge < -0.3 is 10.5 Å². The van der Waals surface area contributed by atoms with E-state index in [2.05, 4.69) is 19.1 Å². The largest absolute Gasteiger partial charge is 0.399 e. The first-order chi connectivity index (χ1) is 8.24. The topological polar surface area (TPSA) is 35.2 Å². The number of hydrogen-bond acceptors (Lipinski definition) is 2. The minimum absolute atomic E-state index is 0.838. The highest BCUT2D eigenvalue weighted by atomic mass is 16.5. The SMILES string of the molecule is CCOCCCCCCc1ccc(N)c(C)c1. The van der Waals surface area contributed by atoms with Crippen LogP contribution < -0.4 is 5.73 Å². The first-order valence-electron chi connectivity index (χ1n) is 6.66. The molecule has 0 spiro atoms. The molecule has 0 unspecified atom stereocenters. The van der Waals surface area contributed by atoms with Crippen LogP contribution in [0, 0.1) is 6.92 Å². The number of rotatable bonds is 8. The van der Waals surface area contributed by atoms with Gasteiger partial charge in [0, 0.05) is 18.9 Å². The number of ether oxygens (including phenoxy) is 1. The molecule has 96 valence electrons. The molecule has 1 aromatic rings. The Morgan fingerprint density at radius 1 is 1.12 bits per heavy atom. The fourth-order valence-electron chi connectivity index (χ4n) is 1.92. The average molecular weight is 235 g/mol. The van der Waals surface area contributed by atoms with E-state index in [0.29, 0.717) is 0 Å². The molecule has 0 aliphatic heterocycles. The molecule has 0 heterocycles. The Hall–Kier alpha value is -1.02. The molecule has 1 aromatic carbocycles. The van der Waals surface area contributed by atoms with E-state index in [0.717, 1.165) is 25.3 Å². The van der Waals surface area contributed by atoms with E-state index in [9.17, 15) is 0 Å². The van der Waals surface area contributed by atoms with E-state index in [4.69, 9.17) is 10.5 Å².